The van der Waals surface area contributed by atoms with E-state index < -0.39 is 11.7 Å². The predicted octanol–water partition coefficient (Wildman–Crippen LogP) is 5.69. The van der Waals surface area contributed by atoms with Gasteiger partial charge in [-0.3, -0.25) is 10.1 Å². The van der Waals surface area contributed by atoms with Crippen LogP contribution in [0.3, 0.4) is 0 Å². The molecule has 2 N–H and O–H groups in total. The molecular formula is C24H20FN3O2S. The van der Waals surface area contributed by atoms with Crippen molar-refractivity contribution in [3.05, 3.63) is 82.7 Å². The number of anilines is 1. The number of benzene rings is 3. The molecule has 1 amide bonds. The van der Waals surface area contributed by atoms with Crippen molar-refractivity contribution < 1.29 is 13.6 Å². The van der Waals surface area contributed by atoms with Crippen molar-refractivity contribution in [3.63, 3.8) is 0 Å². The van der Waals surface area contributed by atoms with E-state index in [4.69, 9.17) is 16.6 Å². The molecule has 0 aliphatic carbocycles. The second-order valence-corrected chi connectivity index (χ2v) is 7.81. The van der Waals surface area contributed by atoms with Gasteiger partial charge in [0.15, 0.2) is 10.7 Å². The number of nitrogens with one attached hydrogen (secondary N) is 2. The Morgan fingerprint density at radius 1 is 1.03 bits per heavy atom. The van der Waals surface area contributed by atoms with E-state index in [-0.39, 0.29) is 10.7 Å². The maximum atomic E-state index is 13.4. The van der Waals surface area contributed by atoms with Gasteiger partial charge in [0.25, 0.3) is 5.91 Å². The van der Waals surface area contributed by atoms with Crippen LogP contribution in [-0.4, -0.2) is 16.0 Å². The summed E-state index contributed by atoms with van der Waals surface area (Å²) in [5.74, 6) is -0.476. The minimum atomic E-state index is -0.490. The number of carbonyl (C=O) groups excluding carboxylic acids is 1. The van der Waals surface area contributed by atoms with E-state index in [1.54, 1.807) is 0 Å². The van der Waals surface area contributed by atoms with Gasteiger partial charge in [-0.1, -0.05) is 18.2 Å². The first-order valence-electron chi connectivity index (χ1n) is 9.67. The number of fused-ring (bicyclic) bond motifs is 1. The third-order valence-corrected chi connectivity index (χ3v) is 5.07. The van der Waals surface area contributed by atoms with Gasteiger partial charge in [-0.05, 0) is 86.1 Å². The van der Waals surface area contributed by atoms with Gasteiger partial charge in [0.2, 0.25) is 5.89 Å². The molecule has 156 valence electrons. The lowest BCUT2D eigenvalue weighted by Gasteiger charge is -2.12. The van der Waals surface area contributed by atoms with Crippen molar-refractivity contribution in [1.82, 2.24) is 10.3 Å². The topological polar surface area (TPSA) is 67.2 Å². The smallest absolute Gasteiger partial charge is 0.257 e. The fourth-order valence-corrected chi connectivity index (χ4v) is 3.55. The number of carbonyl (C=O) groups is 1. The zero-order chi connectivity index (χ0) is 22.1. The summed E-state index contributed by atoms with van der Waals surface area (Å²) in [5.41, 5.74) is 6.31. The molecule has 0 bridgehead atoms. The molecule has 0 spiro atoms. The van der Waals surface area contributed by atoms with Crippen LogP contribution in [0, 0.1) is 26.6 Å². The normalized spacial score (nSPS) is 10.8. The van der Waals surface area contributed by atoms with Crippen LogP contribution < -0.4 is 10.6 Å². The summed E-state index contributed by atoms with van der Waals surface area (Å²) in [6, 6.07) is 15.2. The first kappa shape index (κ1) is 20.7. The first-order valence-corrected chi connectivity index (χ1v) is 10.1. The summed E-state index contributed by atoms with van der Waals surface area (Å²) in [5, 5.41) is 5.71. The number of amides is 1. The Balaban J connectivity index is 1.56. The fourth-order valence-electron chi connectivity index (χ4n) is 3.35. The highest BCUT2D eigenvalue weighted by Crippen LogP contribution is 2.30. The lowest BCUT2D eigenvalue weighted by molar-refractivity contribution is 0.0977. The zero-order valence-corrected chi connectivity index (χ0v) is 18.1. The average Bonchev–Trinajstić information content (AvgIpc) is 3.14. The standard InChI is InChI=1S/C24H20FN3O2S/c1-13-9-15(3)21-20(10-13)26-23(30-21)17-8-7-14(2)19(12-17)27-24(31)28-22(29)16-5-4-6-18(25)11-16/h4-12H,1-3H3,(H2,27,28,29,31). The summed E-state index contributed by atoms with van der Waals surface area (Å²) in [6.07, 6.45) is 0. The number of aryl methyl sites for hydroxylation is 3. The number of nitrogens with zero attached hydrogens (tertiary/aromatic N) is 1. The number of thiocarbonyl (C=S) groups is 1. The molecule has 0 unspecified atom stereocenters. The van der Waals surface area contributed by atoms with Gasteiger partial charge in [-0.15, -0.1) is 0 Å². The van der Waals surface area contributed by atoms with Crippen molar-refractivity contribution >= 4 is 40.0 Å². The molecule has 3 aromatic carbocycles. The van der Waals surface area contributed by atoms with E-state index in [9.17, 15) is 9.18 Å². The Hall–Kier alpha value is -3.58. The first-order chi connectivity index (χ1) is 14.8. The lowest BCUT2D eigenvalue weighted by Crippen LogP contribution is -2.34. The number of aromatic nitrogens is 1. The molecule has 1 heterocycles. The molecule has 0 radical (unpaired) electrons. The maximum Gasteiger partial charge on any atom is 0.257 e. The van der Waals surface area contributed by atoms with Gasteiger partial charge < -0.3 is 9.73 Å². The van der Waals surface area contributed by atoms with Gasteiger partial charge in [-0.2, -0.15) is 0 Å². The highest BCUT2D eigenvalue weighted by molar-refractivity contribution is 7.80. The molecule has 4 rings (SSSR count). The number of hydrogen-bond donors (Lipinski definition) is 2. The Morgan fingerprint density at radius 3 is 2.61 bits per heavy atom. The van der Waals surface area contributed by atoms with Crippen molar-refractivity contribution in [2.24, 2.45) is 0 Å². The second-order valence-electron chi connectivity index (χ2n) is 7.40. The van der Waals surface area contributed by atoms with Crippen LogP contribution in [0.4, 0.5) is 10.1 Å². The number of oxazole rings is 1. The molecule has 5 nitrogen and oxygen atoms in total. The number of hydrogen-bond acceptors (Lipinski definition) is 4. The molecule has 7 heteroatoms. The number of rotatable bonds is 3. The largest absolute Gasteiger partial charge is 0.436 e. The van der Waals surface area contributed by atoms with Gasteiger partial charge in [0.05, 0.1) is 0 Å². The quantitative estimate of drug-likeness (QED) is 0.407. The molecule has 0 fully saturated rings. The van der Waals surface area contributed by atoms with Crippen LogP contribution in [0.5, 0.6) is 0 Å². The fraction of sp³-hybridized carbons (Fsp3) is 0.125. The van der Waals surface area contributed by atoms with Crippen molar-refractivity contribution in [3.8, 4) is 11.5 Å². The molecule has 1 aromatic heterocycles. The zero-order valence-electron chi connectivity index (χ0n) is 17.2. The van der Waals surface area contributed by atoms with E-state index in [2.05, 4.69) is 21.7 Å². The summed E-state index contributed by atoms with van der Waals surface area (Å²) in [6.45, 7) is 5.93. The Morgan fingerprint density at radius 2 is 1.84 bits per heavy atom. The minimum Gasteiger partial charge on any atom is -0.436 e. The van der Waals surface area contributed by atoms with E-state index >= 15 is 0 Å². The lowest BCUT2D eigenvalue weighted by atomic mass is 10.1. The van der Waals surface area contributed by atoms with E-state index in [0.717, 1.165) is 39.4 Å². The summed E-state index contributed by atoms with van der Waals surface area (Å²) < 4.78 is 19.3. The third-order valence-electron chi connectivity index (χ3n) is 4.87. The van der Waals surface area contributed by atoms with E-state index in [0.29, 0.717) is 11.6 Å². The molecule has 0 saturated heterocycles. The highest BCUT2D eigenvalue weighted by atomic mass is 32.1. The van der Waals surface area contributed by atoms with Crippen molar-refractivity contribution in [2.45, 2.75) is 20.8 Å². The van der Waals surface area contributed by atoms with Crippen LogP contribution in [0.15, 0.2) is 59.0 Å². The Labute approximate surface area is 184 Å². The summed E-state index contributed by atoms with van der Waals surface area (Å²) in [7, 11) is 0. The maximum absolute atomic E-state index is 13.4. The SMILES string of the molecule is Cc1cc(C)c2oc(-c3ccc(C)c(NC(=S)NC(=O)c4cccc(F)c4)c3)nc2c1. The van der Waals surface area contributed by atoms with Crippen LogP contribution in [0.25, 0.3) is 22.6 Å². The van der Waals surface area contributed by atoms with Crippen molar-refractivity contribution in [1.29, 1.82) is 0 Å². The number of halogens is 1. The third kappa shape index (κ3) is 4.46. The average molecular weight is 434 g/mol. The van der Waals surface area contributed by atoms with Crippen LogP contribution in [0.2, 0.25) is 0 Å². The Bertz CT molecular complexity index is 1330. The molecule has 0 aliphatic rings. The second kappa shape index (κ2) is 8.28. The summed E-state index contributed by atoms with van der Waals surface area (Å²) >= 11 is 5.27. The molecule has 31 heavy (non-hydrogen) atoms. The van der Waals surface area contributed by atoms with E-state index in [1.807, 2.05) is 45.0 Å². The highest BCUT2D eigenvalue weighted by Gasteiger charge is 2.14. The van der Waals surface area contributed by atoms with Crippen LogP contribution in [0.1, 0.15) is 27.0 Å². The predicted molar refractivity (Wildman–Crippen MR) is 124 cm³/mol. The van der Waals surface area contributed by atoms with Crippen LogP contribution in [-0.2, 0) is 0 Å². The van der Waals surface area contributed by atoms with Gasteiger partial charge in [0, 0.05) is 16.8 Å². The van der Waals surface area contributed by atoms with Gasteiger partial charge in [0.1, 0.15) is 11.3 Å². The Kier molecular flexibility index (Phi) is 5.52. The van der Waals surface area contributed by atoms with Crippen molar-refractivity contribution in [2.75, 3.05) is 5.32 Å². The molecule has 4 aromatic rings. The molecule has 0 aliphatic heterocycles. The van der Waals surface area contributed by atoms with Crippen LogP contribution >= 0.6 is 12.2 Å². The minimum absolute atomic E-state index is 0.110. The van der Waals surface area contributed by atoms with E-state index in [1.165, 1.54) is 18.2 Å². The molecule has 0 saturated carbocycles. The van der Waals surface area contributed by atoms with Gasteiger partial charge in [-0.25, -0.2) is 9.37 Å². The molecular weight excluding hydrogens is 413 g/mol. The van der Waals surface area contributed by atoms with Gasteiger partial charge >= 0.3 is 0 Å². The summed E-state index contributed by atoms with van der Waals surface area (Å²) in [4.78, 5) is 16.9. The molecule has 0 atom stereocenters. The monoisotopic (exact) mass is 433 g/mol.